The van der Waals surface area contributed by atoms with Crippen LogP contribution in [-0.2, 0) is 19.6 Å². The SMILES string of the molecule is COCCCS(=O)(=O)NCC(C)(O)C(=O)O. The summed E-state index contributed by atoms with van der Waals surface area (Å²) in [7, 11) is -2.12. The van der Waals surface area contributed by atoms with Crippen LogP contribution in [0.4, 0.5) is 0 Å². The van der Waals surface area contributed by atoms with Crippen molar-refractivity contribution in [3.05, 3.63) is 0 Å². The second-order valence-electron chi connectivity index (χ2n) is 3.57. The molecule has 0 aliphatic carbocycles. The van der Waals surface area contributed by atoms with Gasteiger partial charge in [-0.15, -0.1) is 0 Å². The van der Waals surface area contributed by atoms with Gasteiger partial charge in [0, 0.05) is 20.3 Å². The Labute approximate surface area is 94.5 Å². The maximum Gasteiger partial charge on any atom is 0.336 e. The number of aliphatic carboxylic acids is 1. The molecular formula is C8H17NO6S. The van der Waals surface area contributed by atoms with Crippen LogP contribution in [0.2, 0.25) is 0 Å². The molecule has 0 saturated heterocycles. The lowest BCUT2D eigenvalue weighted by Gasteiger charge is -2.18. The maximum absolute atomic E-state index is 11.3. The van der Waals surface area contributed by atoms with E-state index >= 15 is 0 Å². The molecule has 8 heteroatoms. The lowest BCUT2D eigenvalue weighted by molar-refractivity contribution is -0.155. The van der Waals surface area contributed by atoms with Gasteiger partial charge in [-0.1, -0.05) is 0 Å². The van der Waals surface area contributed by atoms with Crippen molar-refractivity contribution in [2.24, 2.45) is 0 Å². The van der Waals surface area contributed by atoms with Crippen LogP contribution >= 0.6 is 0 Å². The standard InChI is InChI=1S/C8H17NO6S/c1-8(12,7(10)11)6-9-16(13,14)5-3-4-15-2/h9,12H,3-6H2,1-2H3,(H,10,11). The van der Waals surface area contributed by atoms with E-state index < -0.39 is 28.1 Å². The number of methoxy groups -OCH3 is 1. The number of carbonyl (C=O) groups is 1. The van der Waals surface area contributed by atoms with Crippen molar-refractivity contribution < 1.29 is 28.2 Å². The first-order valence-corrected chi connectivity index (χ1v) is 6.28. The molecule has 0 amide bonds. The van der Waals surface area contributed by atoms with Gasteiger partial charge in [0.2, 0.25) is 10.0 Å². The summed E-state index contributed by atoms with van der Waals surface area (Å²) < 4.78 is 29.3. The predicted octanol–water partition coefficient (Wildman–Crippen LogP) is -1.22. The number of rotatable bonds is 8. The molecular weight excluding hydrogens is 238 g/mol. The molecule has 0 aromatic rings. The van der Waals surface area contributed by atoms with Crippen LogP contribution in [0.15, 0.2) is 0 Å². The summed E-state index contributed by atoms with van der Waals surface area (Å²) >= 11 is 0. The minimum Gasteiger partial charge on any atom is -0.479 e. The molecule has 0 radical (unpaired) electrons. The van der Waals surface area contributed by atoms with Crippen molar-refractivity contribution in [1.29, 1.82) is 0 Å². The van der Waals surface area contributed by atoms with Crippen molar-refractivity contribution in [3.63, 3.8) is 0 Å². The third-order valence-corrected chi connectivity index (χ3v) is 3.27. The predicted molar refractivity (Wildman–Crippen MR) is 56.5 cm³/mol. The summed E-state index contributed by atoms with van der Waals surface area (Å²) in [5.74, 6) is -1.65. The molecule has 0 saturated carbocycles. The van der Waals surface area contributed by atoms with E-state index in [-0.39, 0.29) is 5.75 Å². The second-order valence-corrected chi connectivity index (χ2v) is 5.49. The molecule has 0 spiro atoms. The molecule has 0 aliphatic heterocycles. The minimum absolute atomic E-state index is 0.170. The Morgan fingerprint density at radius 1 is 1.50 bits per heavy atom. The lowest BCUT2D eigenvalue weighted by Crippen LogP contribution is -2.47. The number of hydrogen-bond acceptors (Lipinski definition) is 5. The highest BCUT2D eigenvalue weighted by Gasteiger charge is 2.31. The number of nitrogens with one attached hydrogen (secondary N) is 1. The van der Waals surface area contributed by atoms with Gasteiger partial charge in [-0.3, -0.25) is 0 Å². The Morgan fingerprint density at radius 2 is 2.06 bits per heavy atom. The quantitative estimate of drug-likeness (QED) is 0.468. The summed E-state index contributed by atoms with van der Waals surface area (Å²) in [5, 5.41) is 17.8. The zero-order valence-corrected chi connectivity index (χ0v) is 10.1. The molecule has 3 N–H and O–H groups in total. The van der Waals surface area contributed by atoms with Gasteiger partial charge in [-0.2, -0.15) is 0 Å². The van der Waals surface area contributed by atoms with E-state index in [9.17, 15) is 18.3 Å². The minimum atomic E-state index is -3.57. The van der Waals surface area contributed by atoms with E-state index in [0.29, 0.717) is 13.0 Å². The summed E-state index contributed by atoms with van der Waals surface area (Å²) in [6, 6.07) is 0. The Bertz CT molecular complexity index is 323. The number of carboxylic acids is 1. The molecule has 7 nitrogen and oxygen atoms in total. The summed E-state index contributed by atoms with van der Waals surface area (Å²) in [6.45, 7) is 0.765. The fourth-order valence-electron chi connectivity index (χ4n) is 0.792. The van der Waals surface area contributed by atoms with Gasteiger partial charge in [-0.25, -0.2) is 17.9 Å². The molecule has 1 atom stereocenters. The number of aliphatic hydroxyl groups is 1. The van der Waals surface area contributed by atoms with Crippen molar-refractivity contribution >= 4 is 16.0 Å². The Kier molecular flexibility index (Phi) is 5.87. The van der Waals surface area contributed by atoms with E-state index in [2.05, 4.69) is 4.74 Å². The highest BCUT2D eigenvalue weighted by Crippen LogP contribution is 2.02. The average molecular weight is 255 g/mol. The zero-order valence-electron chi connectivity index (χ0n) is 9.26. The average Bonchev–Trinajstić information content (AvgIpc) is 2.15. The van der Waals surface area contributed by atoms with Crippen LogP contribution < -0.4 is 4.72 Å². The van der Waals surface area contributed by atoms with E-state index in [4.69, 9.17) is 5.11 Å². The largest absolute Gasteiger partial charge is 0.479 e. The van der Waals surface area contributed by atoms with Gasteiger partial charge in [0.15, 0.2) is 5.60 Å². The normalized spacial score (nSPS) is 15.7. The van der Waals surface area contributed by atoms with Gasteiger partial charge < -0.3 is 14.9 Å². The second kappa shape index (κ2) is 6.14. The van der Waals surface area contributed by atoms with Crippen molar-refractivity contribution in [2.75, 3.05) is 26.0 Å². The first kappa shape index (κ1) is 15.3. The van der Waals surface area contributed by atoms with Gasteiger partial charge in [-0.05, 0) is 13.3 Å². The molecule has 96 valence electrons. The van der Waals surface area contributed by atoms with E-state index in [1.807, 2.05) is 4.72 Å². The zero-order chi connectivity index (χ0) is 12.8. The Hall–Kier alpha value is -0.700. The molecule has 0 rings (SSSR count). The van der Waals surface area contributed by atoms with Gasteiger partial charge in [0.1, 0.15) is 0 Å². The third kappa shape index (κ3) is 6.01. The number of carboxylic acid groups (broad SMARTS) is 1. The van der Waals surface area contributed by atoms with Crippen LogP contribution in [0.5, 0.6) is 0 Å². The van der Waals surface area contributed by atoms with Crippen LogP contribution in [-0.4, -0.2) is 56.2 Å². The summed E-state index contributed by atoms with van der Waals surface area (Å²) in [6.07, 6.45) is 0.307. The van der Waals surface area contributed by atoms with Crippen LogP contribution in [0.3, 0.4) is 0 Å². The first-order valence-electron chi connectivity index (χ1n) is 4.63. The molecule has 0 aliphatic rings. The Morgan fingerprint density at radius 3 is 2.50 bits per heavy atom. The molecule has 0 aromatic heterocycles. The van der Waals surface area contributed by atoms with E-state index in [1.54, 1.807) is 0 Å². The molecule has 0 fully saturated rings. The molecule has 0 aromatic carbocycles. The van der Waals surface area contributed by atoms with Crippen molar-refractivity contribution in [1.82, 2.24) is 4.72 Å². The van der Waals surface area contributed by atoms with E-state index in [1.165, 1.54) is 7.11 Å². The fourth-order valence-corrected chi connectivity index (χ4v) is 1.93. The van der Waals surface area contributed by atoms with Crippen LogP contribution in [0.25, 0.3) is 0 Å². The number of hydrogen-bond donors (Lipinski definition) is 3. The highest BCUT2D eigenvalue weighted by atomic mass is 32.2. The van der Waals surface area contributed by atoms with Crippen molar-refractivity contribution in [2.45, 2.75) is 18.9 Å². The highest BCUT2D eigenvalue weighted by molar-refractivity contribution is 7.89. The molecule has 1 unspecified atom stereocenters. The topological polar surface area (TPSA) is 113 Å². The van der Waals surface area contributed by atoms with Gasteiger partial charge >= 0.3 is 5.97 Å². The summed E-state index contributed by atoms with van der Waals surface area (Å²) in [4.78, 5) is 10.5. The first-order chi connectivity index (χ1) is 7.21. The smallest absolute Gasteiger partial charge is 0.336 e. The monoisotopic (exact) mass is 255 g/mol. The Balaban J connectivity index is 4.14. The van der Waals surface area contributed by atoms with Crippen LogP contribution in [0.1, 0.15) is 13.3 Å². The van der Waals surface area contributed by atoms with Gasteiger partial charge in [0.25, 0.3) is 0 Å². The van der Waals surface area contributed by atoms with E-state index in [0.717, 1.165) is 6.92 Å². The third-order valence-electron chi connectivity index (χ3n) is 1.86. The maximum atomic E-state index is 11.3. The fraction of sp³-hybridized carbons (Fsp3) is 0.875. The van der Waals surface area contributed by atoms with Crippen molar-refractivity contribution in [3.8, 4) is 0 Å². The molecule has 16 heavy (non-hydrogen) atoms. The van der Waals surface area contributed by atoms with Crippen LogP contribution in [0, 0.1) is 0 Å². The molecule has 0 bridgehead atoms. The number of sulfonamides is 1. The summed E-state index contributed by atoms with van der Waals surface area (Å²) in [5.41, 5.74) is -2.10. The lowest BCUT2D eigenvalue weighted by atomic mass is 10.1. The van der Waals surface area contributed by atoms with Gasteiger partial charge in [0.05, 0.1) is 5.75 Å². The number of ether oxygens (including phenoxy) is 1. The molecule has 0 heterocycles.